The maximum Gasteiger partial charge on any atom is 0.0905 e. The van der Waals surface area contributed by atoms with Crippen molar-refractivity contribution in [2.45, 2.75) is 105 Å². The Balaban J connectivity index is -0.0000000506. The fraction of sp³-hybridized carbons (Fsp3) is 0.969. The fourth-order valence-corrected chi connectivity index (χ4v) is 1.82. The van der Waals surface area contributed by atoms with Gasteiger partial charge in [-0.05, 0) is 129 Å². The SMILES string of the molecule is CC(C)CCN.CC(C)CN.CCN.CN.N=C(N)CCCCCN.NCCCCCN.NCCCCN.NCCCO.NCCO. The quantitative estimate of drug-likeness (QED) is 0.0494. The zero-order valence-corrected chi connectivity index (χ0v) is 32.2. The normalized spacial score (nSPS) is 8.70. The monoisotopic (exact) mass is 692 g/mol. The van der Waals surface area contributed by atoms with Crippen LogP contribution in [0.1, 0.15) is 105 Å². The van der Waals surface area contributed by atoms with Crippen LogP contribution in [0.25, 0.3) is 0 Å². The number of nitrogens with two attached hydrogens (primary N) is 12. The van der Waals surface area contributed by atoms with Crippen LogP contribution in [0.5, 0.6) is 0 Å². The van der Waals surface area contributed by atoms with E-state index in [0.717, 1.165) is 122 Å². The highest BCUT2D eigenvalue weighted by molar-refractivity contribution is 5.76. The van der Waals surface area contributed by atoms with Gasteiger partial charge in [0.25, 0.3) is 0 Å². The first kappa shape index (κ1) is 68.0. The van der Waals surface area contributed by atoms with Gasteiger partial charge < -0.3 is 79.0 Å². The van der Waals surface area contributed by atoms with Gasteiger partial charge in [0, 0.05) is 19.6 Å². The second kappa shape index (κ2) is 90.6. The molecule has 0 fully saturated rings. The summed E-state index contributed by atoms with van der Waals surface area (Å²) in [6.45, 7) is 18.0. The molecule has 0 aliphatic heterocycles. The van der Waals surface area contributed by atoms with Crippen molar-refractivity contribution in [3.8, 4) is 0 Å². The summed E-state index contributed by atoms with van der Waals surface area (Å²) in [6, 6.07) is 0. The van der Waals surface area contributed by atoms with Crippen molar-refractivity contribution in [2.75, 3.05) is 85.7 Å². The number of hydrogen-bond donors (Lipinski definition) is 15. The Morgan fingerprint density at radius 1 is 0.489 bits per heavy atom. The van der Waals surface area contributed by atoms with Crippen LogP contribution in [-0.4, -0.2) is 102 Å². The van der Waals surface area contributed by atoms with Crippen LogP contribution in [-0.2, 0) is 0 Å². The number of hydrogen-bond acceptors (Lipinski definition) is 14. The van der Waals surface area contributed by atoms with Crippen molar-refractivity contribution in [1.29, 1.82) is 5.41 Å². The maximum atomic E-state index is 7.99. The van der Waals surface area contributed by atoms with E-state index in [2.05, 4.69) is 33.4 Å². The van der Waals surface area contributed by atoms with Gasteiger partial charge >= 0.3 is 0 Å². The first-order chi connectivity index (χ1) is 22.4. The number of unbranched alkanes of at least 4 members (excludes halogenated alkanes) is 5. The van der Waals surface area contributed by atoms with E-state index in [4.69, 9.17) is 78.7 Å². The Morgan fingerprint density at radius 2 is 0.766 bits per heavy atom. The Morgan fingerprint density at radius 3 is 0.894 bits per heavy atom. The third-order valence-electron chi connectivity index (χ3n) is 4.42. The van der Waals surface area contributed by atoms with E-state index < -0.39 is 0 Å². The van der Waals surface area contributed by atoms with Gasteiger partial charge in [-0.2, -0.15) is 0 Å². The van der Waals surface area contributed by atoms with Crippen molar-refractivity contribution in [3.63, 3.8) is 0 Å². The fourth-order valence-electron chi connectivity index (χ4n) is 1.82. The van der Waals surface area contributed by atoms with Gasteiger partial charge in [-0.1, -0.05) is 47.5 Å². The van der Waals surface area contributed by atoms with Crippen LogP contribution >= 0.6 is 0 Å². The van der Waals surface area contributed by atoms with Crippen LogP contribution in [0.15, 0.2) is 0 Å². The molecule has 15 heteroatoms. The van der Waals surface area contributed by atoms with E-state index >= 15 is 0 Å². The molecule has 0 aliphatic rings. The molecular weight excluding hydrogens is 598 g/mol. The molecule has 0 aliphatic carbocycles. The number of amidine groups is 1. The first-order valence-corrected chi connectivity index (χ1v) is 17.5. The van der Waals surface area contributed by atoms with E-state index in [1.54, 1.807) is 0 Å². The van der Waals surface area contributed by atoms with Crippen LogP contribution in [0.3, 0.4) is 0 Å². The largest absolute Gasteiger partial charge is 0.396 e. The molecule has 0 atom stereocenters. The Bertz CT molecular complexity index is 390. The van der Waals surface area contributed by atoms with Crippen LogP contribution in [0, 0.1) is 17.2 Å². The molecule has 0 radical (unpaired) electrons. The lowest BCUT2D eigenvalue weighted by molar-refractivity contribution is 0.291. The summed E-state index contributed by atoms with van der Waals surface area (Å²) < 4.78 is 0. The van der Waals surface area contributed by atoms with Gasteiger partial charge in [0.2, 0.25) is 0 Å². The minimum atomic E-state index is 0.0972. The van der Waals surface area contributed by atoms with E-state index in [0.29, 0.717) is 19.0 Å². The average molecular weight is 692 g/mol. The van der Waals surface area contributed by atoms with E-state index in [9.17, 15) is 0 Å². The summed E-state index contributed by atoms with van der Waals surface area (Å²) in [5.74, 6) is 1.72. The second-order valence-electron chi connectivity index (χ2n) is 10.4. The summed E-state index contributed by atoms with van der Waals surface area (Å²) >= 11 is 0. The van der Waals surface area contributed by atoms with Gasteiger partial charge in [0.05, 0.1) is 12.4 Å². The van der Waals surface area contributed by atoms with Crippen LogP contribution in [0.4, 0.5) is 0 Å². The van der Waals surface area contributed by atoms with E-state index in [1.807, 2.05) is 6.92 Å². The highest BCUT2D eigenvalue weighted by Gasteiger charge is 1.89. The molecule has 0 aromatic rings. The van der Waals surface area contributed by atoms with Gasteiger partial charge in [-0.15, -0.1) is 0 Å². The third-order valence-corrected chi connectivity index (χ3v) is 4.42. The molecular formula is C32H93N13O2. The van der Waals surface area contributed by atoms with Crippen molar-refractivity contribution in [3.05, 3.63) is 0 Å². The van der Waals surface area contributed by atoms with Crippen LogP contribution in [0.2, 0.25) is 0 Å². The van der Waals surface area contributed by atoms with Gasteiger partial charge in [0.15, 0.2) is 0 Å². The number of rotatable bonds is 18. The zero-order valence-electron chi connectivity index (χ0n) is 32.2. The molecule has 0 spiro atoms. The molecule has 0 aromatic heterocycles. The topological polar surface area (TPSA) is 377 Å². The number of aliphatic hydroxyl groups is 2. The van der Waals surface area contributed by atoms with Crippen LogP contribution < -0.4 is 68.8 Å². The molecule has 0 saturated heterocycles. The molecule has 0 saturated carbocycles. The van der Waals surface area contributed by atoms with Gasteiger partial charge in [-0.25, -0.2) is 0 Å². The lowest BCUT2D eigenvalue weighted by Crippen LogP contribution is -2.08. The molecule has 0 amide bonds. The lowest BCUT2D eigenvalue weighted by Gasteiger charge is -1.96. The first-order valence-electron chi connectivity index (χ1n) is 17.5. The summed E-state index contributed by atoms with van der Waals surface area (Å²) in [5.41, 5.74) is 60.7. The highest BCUT2D eigenvalue weighted by Crippen LogP contribution is 1.96. The summed E-state index contributed by atoms with van der Waals surface area (Å²) in [4.78, 5) is 0. The Kier molecular flexibility index (Phi) is 131. The predicted molar refractivity (Wildman–Crippen MR) is 213 cm³/mol. The summed E-state index contributed by atoms with van der Waals surface area (Å²) in [5, 5.41) is 22.6. The van der Waals surface area contributed by atoms with Crippen molar-refractivity contribution in [1.82, 2.24) is 0 Å². The third kappa shape index (κ3) is 208. The molecule has 15 nitrogen and oxygen atoms in total. The Hall–Kier alpha value is -1.05. The van der Waals surface area contributed by atoms with Crippen molar-refractivity contribution in [2.24, 2.45) is 80.6 Å². The standard InChI is InChI=1S/C6H15N3.C5H14N2.C5H13N.C4H12N2.C4H11N.C3H9NO.C2H7NO.C2H7N.CH5N/c7-5-3-1-2-4-6(8)9;6-4-2-1-3-5-7;1-5(2)3-4-6;5-3-1-2-4-6;1-4(2)3-5;4-2-1-3-5;3-1-2-4;1-2-3;1-2/h1-5,7H2,(H3,8,9);1-7H2;5H,3-4,6H2,1-2H3;1-6H2;4H,3,5H2,1-2H3;5H,1-4H2;4H,1-3H2;2-3H2,1H3;2H2,1H3. The molecule has 47 heavy (non-hydrogen) atoms. The van der Waals surface area contributed by atoms with Gasteiger partial charge in [-0.3, -0.25) is 5.41 Å². The van der Waals surface area contributed by atoms with E-state index in [1.165, 1.54) is 13.5 Å². The van der Waals surface area contributed by atoms with Crippen molar-refractivity contribution >= 4 is 5.84 Å². The number of nitrogens with one attached hydrogen (secondary N) is 1. The predicted octanol–water partition coefficient (Wildman–Crippen LogP) is -0.403. The minimum absolute atomic E-state index is 0.0972. The molecule has 0 rings (SSSR count). The summed E-state index contributed by atoms with van der Waals surface area (Å²) in [7, 11) is 1.50. The van der Waals surface area contributed by atoms with Gasteiger partial charge in [0.1, 0.15) is 0 Å². The minimum Gasteiger partial charge on any atom is -0.396 e. The highest BCUT2D eigenvalue weighted by atomic mass is 16.3. The zero-order chi connectivity index (χ0) is 39.0. The molecule has 0 heterocycles. The second-order valence-corrected chi connectivity index (χ2v) is 10.4. The number of aliphatic hydroxyl groups excluding tert-OH is 2. The lowest BCUT2D eigenvalue weighted by atomic mass is 10.1. The summed E-state index contributed by atoms with van der Waals surface area (Å²) in [6.07, 6.45) is 11.3. The van der Waals surface area contributed by atoms with E-state index in [-0.39, 0.29) is 19.0 Å². The molecule has 0 unspecified atom stereocenters. The smallest absolute Gasteiger partial charge is 0.0905 e. The average Bonchev–Trinajstić information content (AvgIpc) is 3.05. The molecule has 298 valence electrons. The molecule has 27 N–H and O–H groups in total. The van der Waals surface area contributed by atoms with Crippen molar-refractivity contribution < 1.29 is 10.2 Å². The Labute approximate surface area is 292 Å². The molecule has 0 bridgehead atoms. The molecule has 0 aromatic carbocycles. The maximum absolute atomic E-state index is 7.99.